The summed E-state index contributed by atoms with van der Waals surface area (Å²) in [7, 11) is -4.06. The van der Waals surface area contributed by atoms with Crippen molar-refractivity contribution in [2.45, 2.75) is 50.8 Å². The second-order valence-electron chi connectivity index (χ2n) is 9.93. The summed E-state index contributed by atoms with van der Waals surface area (Å²) in [6, 6.07) is 12.3. The molecule has 218 valence electrons. The molecule has 0 aromatic heterocycles. The SMILES string of the molecule is CCCCN1C(=O)C(=CC=CC=C2Sc3cc4ccccc4cc3N2CCCS(=O)(=O)O)C(=O)N(CCCC)C1=[Se]. The molecule has 2 amide bonds. The summed E-state index contributed by atoms with van der Waals surface area (Å²) < 4.78 is 32.5. The van der Waals surface area contributed by atoms with Gasteiger partial charge >= 0.3 is 191 Å². The van der Waals surface area contributed by atoms with Crippen LogP contribution in [0.5, 0.6) is 0 Å². The van der Waals surface area contributed by atoms with Crippen LogP contribution in [0.25, 0.3) is 10.8 Å². The number of hydrogen-bond donors (Lipinski definition) is 1. The average molecular weight is 661 g/mol. The molecule has 2 aliphatic heterocycles. The molecule has 2 aromatic rings. The molecule has 0 bridgehead atoms. The Morgan fingerprint density at radius 3 is 2.00 bits per heavy atom. The van der Waals surface area contributed by atoms with Crippen molar-refractivity contribution in [3.63, 3.8) is 0 Å². The first-order valence-corrected chi connectivity index (χ1v) is 17.1. The van der Waals surface area contributed by atoms with Crippen LogP contribution >= 0.6 is 11.8 Å². The number of carbonyl (C=O) groups is 2. The molecule has 1 fully saturated rings. The molecule has 1 N–H and O–H groups in total. The number of fused-ring (bicyclic) bond motifs is 2. The van der Waals surface area contributed by atoms with Gasteiger partial charge in [-0.05, 0) is 10.8 Å². The van der Waals surface area contributed by atoms with Crippen LogP contribution in [0.4, 0.5) is 5.69 Å². The number of nitrogens with zero attached hydrogens (tertiary/aromatic N) is 3. The van der Waals surface area contributed by atoms with Crippen LogP contribution in [0.3, 0.4) is 0 Å². The van der Waals surface area contributed by atoms with Gasteiger partial charge in [-0.25, -0.2) is 0 Å². The molecular weight excluding hydrogens is 625 g/mol. The van der Waals surface area contributed by atoms with Crippen molar-refractivity contribution in [3.8, 4) is 0 Å². The van der Waals surface area contributed by atoms with Crippen molar-refractivity contribution >= 4 is 70.4 Å². The average Bonchev–Trinajstić information content (AvgIpc) is 3.26. The summed E-state index contributed by atoms with van der Waals surface area (Å²) in [6.07, 6.45) is 10.8. The Morgan fingerprint density at radius 1 is 0.854 bits per heavy atom. The molecular formula is C30H35N3O5S2Se. The first-order chi connectivity index (χ1) is 19.6. The van der Waals surface area contributed by atoms with E-state index in [1.54, 1.807) is 39.8 Å². The fraction of sp³-hybridized carbons (Fsp3) is 0.367. The summed E-state index contributed by atoms with van der Waals surface area (Å²) in [6.45, 7) is 5.62. The first-order valence-electron chi connectivity index (χ1n) is 13.8. The predicted molar refractivity (Wildman–Crippen MR) is 167 cm³/mol. The molecule has 0 radical (unpaired) electrons. The number of thioether (sulfide) groups is 1. The number of unbranched alkanes of at least 4 members (excludes halogenated alkanes) is 2. The zero-order chi connectivity index (χ0) is 29.6. The van der Waals surface area contributed by atoms with Gasteiger partial charge in [-0.2, -0.15) is 8.42 Å². The first kappa shape index (κ1) is 31.2. The number of amides is 2. The second-order valence-corrected chi connectivity index (χ2v) is 13.3. The number of benzene rings is 2. The summed E-state index contributed by atoms with van der Waals surface area (Å²) in [5, 5.41) is 3.07. The molecule has 11 heteroatoms. The van der Waals surface area contributed by atoms with Crippen molar-refractivity contribution in [3.05, 3.63) is 71.3 Å². The van der Waals surface area contributed by atoms with Crippen LogP contribution in [0.1, 0.15) is 46.0 Å². The van der Waals surface area contributed by atoms with Crippen molar-refractivity contribution in [2.24, 2.45) is 0 Å². The van der Waals surface area contributed by atoms with E-state index >= 15 is 0 Å². The zero-order valence-electron chi connectivity index (χ0n) is 23.3. The molecule has 2 aliphatic rings. The van der Waals surface area contributed by atoms with Crippen LogP contribution in [0.15, 0.2) is 76.2 Å². The molecule has 0 unspecified atom stereocenters. The molecule has 4 rings (SSSR count). The van der Waals surface area contributed by atoms with Gasteiger partial charge in [0.15, 0.2) is 0 Å². The van der Waals surface area contributed by atoms with Gasteiger partial charge in [0.1, 0.15) is 0 Å². The third-order valence-electron chi connectivity index (χ3n) is 6.88. The maximum absolute atomic E-state index is 13.3. The van der Waals surface area contributed by atoms with Crippen molar-refractivity contribution in [1.29, 1.82) is 0 Å². The van der Waals surface area contributed by atoms with Gasteiger partial charge in [0.25, 0.3) is 10.1 Å². The van der Waals surface area contributed by atoms with Crippen LogP contribution in [0, 0.1) is 0 Å². The molecule has 41 heavy (non-hydrogen) atoms. The van der Waals surface area contributed by atoms with Crippen LogP contribution in [-0.4, -0.2) is 80.2 Å². The van der Waals surface area contributed by atoms with Gasteiger partial charge in [-0.3, -0.25) is 4.55 Å². The van der Waals surface area contributed by atoms with Gasteiger partial charge in [0.2, 0.25) is 0 Å². The van der Waals surface area contributed by atoms with Crippen LogP contribution < -0.4 is 4.90 Å². The molecule has 2 heterocycles. The molecule has 8 nitrogen and oxygen atoms in total. The number of allylic oxidation sites excluding steroid dienone is 4. The Morgan fingerprint density at radius 2 is 1.41 bits per heavy atom. The van der Waals surface area contributed by atoms with E-state index in [0.29, 0.717) is 24.3 Å². The van der Waals surface area contributed by atoms with Gasteiger partial charge in [0.05, 0.1) is 5.75 Å². The third kappa shape index (κ3) is 7.59. The monoisotopic (exact) mass is 661 g/mol. The summed E-state index contributed by atoms with van der Waals surface area (Å²) >= 11 is 4.51. The number of hydrogen-bond acceptors (Lipinski definition) is 6. The number of rotatable bonds is 12. The predicted octanol–water partition coefficient (Wildman–Crippen LogP) is 4.88. The van der Waals surface area contributed by atoms with Gasteiger partial charge in [-0.1, -0.05) is 24.3 Å². The quantitative estimate of drug-likeness (QED) is 0.150. The van der Waals surface area contributed by atoms with E-state index in [1.807, 2.05) is 29.2 Å². The normalized spacial score (nSPS) is 17.0. The van der Waals surface area contributed by atoms with E-state index in [-0.39, 0.29) is 29.6 Å². The van der Waals surface area contributed by atoms with Gasteiger partial charge in [0, 0.05) is 0 Å². The summed E-state index contributed by atoms with van der Waals surface area (Å²) in [4.78, 5) is 33.0. The molecule has 0 spiro atoms. The Labute approximate surface area is 254 Å². The van der Waals surface area contributed by atoms with E-state index < -0.39 is 10.1 Å². The minimum absolute atomic E-state index is 0.129. The Bertz CT molecular complexity index is 1500. The molecule has 2 aromatic carbocycles. The van der Waals surface area contributed by atoms with Crippen LogP contribution in [-0.2, 0) is 19.7 Å². The van der Waals surface area contributed by atoms with Gasteiger partial charge < -0.3 is 0 Å². The van der Waals surface area contributed by atoms with Crippen molar-refractivity contribution in [1.82, 2.24) is 9.80 Å². The molecule has 1 saturated heterocycles. The number of carbonyl (C=O) groups excluding carboxylic acids is 2. The Kier molecular flexibility index (Phi) is 10.7. The van der Waals surface area contributed by atoms with E-state index in [9.17, 15) is 22.6 Å². The standard InChI is InChI=1S/C30H35N3O5S2Se/c1-3-5-16-32-28(34)24(29(35)33(30(32)41)17-6-4-2)14-9-10-15-27-31(18-11-19-40(36,37)38)25-20-22-12-7-8-13-23(22)21-26(25)39-27/h7-10,12-15,20-21H,3-6,11,16-19H2,1-2H3,(H,36,37,38). The van der Waals surface area contributed by atoms with Gasteiger partial charge in [-0.15, -0.1) is 0 Å². The van der Waals surface area contributed by atoms with E-state index in [4.69, 9.17) is 0 Å². The molecule has 0 atom stereocenters. The zero-order valence-corrected chi connectivity index (χ0v) is 26.6. The Balaban J connectivity index is 1.60. The third-order valence-corrected chi connectivity index (χ3v) is 9.72. The fourth-order valence-electron chi connectivity index (χ4n) is 4.71. The van der Waals surface area contributed by atoms with E-state index in [0.717, 1.165) is 52.1 Å². The second kappa shape index (κ2) is 14.0. The maximum atomic E-state index is 13.3. The topological polar surface area (TPSA) is 98.2 Å². The summed E-state index contributed by atoms with van der Waals surface area (Å²) in [5.74, 6) is -0.931. The van der Waals surface area contributed by atoms with Crippen LogP contribution in [0.2, 0.25) is 0 Å². The van der Waals surface area contributed by atoms with E-state index in [2.05, 4.69) is 47.6 Å². The summed E-state index contributed by atoms with van der Waals surface area (Å²) in [5.41, 5.74) is 1.10. The number of anilines is 1. The molecule has 0 saturated carbocycles. The fourth-order valence-corrected chi connectivity index (χ4v) is 7.06. The van der Waals surface area contributed by atoms with E-state index in [1.165, 1.54) is 0 Å². The minimum atomic E-state index is -4.06. The Hall–Kier alpha value is -2.69. The molecule has 0 aliphatic carbocycles. The van der Waals surface area contributed by atoms with Crippen molar-refractivity contribution in [2.75, 3.05) is 30.3 Å². The van der Waals surface area contributed by atoms with Crippen molar-refractivity contribution < 1.29 is 22.6 Å².